The Balaban J connectivity index is 1.81. The van der Waals surface area contributed by atoms with Crippen molar-refractivity contribution in [3.05, 3.63) is 24.0 Å². The molecule has 1 aliphatic heterocycles. The molecule has 1 aliphatic carbocycles. The Morgan fingerprint density at radius 3 is 2.75 bits per heavy atom. The summed E-state index contributed by atoms with van der Waals surface area (Å²) in [5, 5.41) is 2.92. The van der Waals surface area contributed by atoms with Crippen molar-refractivity contribution in [1.82, 2.24) is 9.62 Å². The van der Waals surface area contributed by atoms with E-state index in [1.807, 2.05) is 0 Å². The number of methoxy groups -OCH3 is 1. The van der Waals surface area contributed by atoms with Crippen LogP contribution in [0.1, 0.15) is 25.7 Å². The number of benzene rings is 1. The minimum absolute atomic E-state index is 0.0939. The first-order chi connectivity index (χ1) is 11.4. The number of ether oxygens (including phenoxy) is 1. The molecule has 0 spiro atoms. The molecule has 1 heterocycles. The van der Waals surface area contributed by atoms with Crippen LogP contribution in [0.2, 0.25) is 0 Å². The zero-order chi connectivity index (χ0) is 17.3. The predicted molar refractivity (Wildman–Crippen MR) is 85.6 cm³/mol. The second-order valence-electron chi connectivity index (χ2n) is 6.28. The van der Waals surface area contributed by atoms with Crippen molar-refractivity contribution < 1.29 is 22.3 Å². The Hall–Kier alpha value is -1.67. The van der Waals surface area contributed by atoms with Gasteiger partial charge in [-0.3, -0.25) is 4.79 Å². The normalized spacial score (nSPS) is 22.2. The number of halogens is 1. The highest BCUT2D eigenvalue weighted by Crippen LogP contribution is 2.30. The van der Waals surface area contributed by atoms with E-state index in [9.17, 15) is 17.6 Å². The third-order valence-corrected chi connectivity index (χ3v) is 6.31. The maximum Gasteiger partial charge on any atom is 0.246 e. The van der Waals surface area contributed by atoms with Crippen molar-refractivity contribution in [3.8, 4) is 5.75 Å². The predicted octanol–water partition coefficient (Wildman–Crippen LogP) is 1.51. The molecule has 2 fully saturated rings. The third kappa shape index (κ3) is 3.54. The van der Waals surface area contributed by atoms with Crippen LogP contribution in [0.25, 0.3) is 0 Å². The van der Waals surface area contributed by atoms with Crippen LogP contribution < -0.4 is 10.1 Å². The molecule has 6 nitrogen and oxygen atoms in total. The number of nitrogens with zero attached hydrogens (tertiary/aromatic N) is 1. The number of hydrogen-bond donors (Lipinski definition) is 1. The molecule has 2 aliphatic rings. The topological polar surface area (TPSA) is 75.7 Å². The average Bonchev–Trinajstić information content (AvgIpc) is 3.39. The molecular formula is C16H21FN2O4S. The highest BCUT2D eigenvalue weighted by molar-refractivity contribution is 7.89. The minimum atomic E-state index is -3.92. The molecule has 1 aromatic carbocycles. The van der Waals surface area contributed by atoms with Gasteiger partial charge in [-0.1, -0.05) is 0 Å². The Labute approximate surface area is 141 Å². The lowest BCUT2D eigenvalue weighted by molar-refractivity contribution is -0.126. The number of nitrogens with one attached hydrogen (secondary N) is 1. The van der Waals surface area contributed by atoms with E-state index in [1.165, 1.54) is 17.5 Å². The van der Waals surface area contributed by atoms with Crippen molar-refractivity contribution >= 4 is 15.9 Å². The van der Waals surface area contributed by atoms with Gasteiger partial charge >= 0.3 is 0 Å². The molecule has 1 aromatic rings. The van der Waals surface area contributed by atoms with E-state index >= 15 is 0 Å². The second-order valence-corrected chi connectivity index (χ2v) is 8.19. The van der Waals surface area contributed by atoms with E-state index < -0.39 is 15.8 Å². The van der Waals surface area contributed by atoms with E-state index in [-0.39, 0.29) is 35.1 Å². The van der Waals surface area contributed by atoms with Gasteiger partial charge in [-0.15, -0.1) is 0 Å². The molecule has 0 aromatic heterocycles. The summed E-state index contributed by atoms with van der Waals surface area (Å²) in [6.07, 6.45) is 3.23. The van der Waals surface area contributed by atoms with E-state index in [1.54, 1.807) is 0 Å². The molecule has 8 heteroatoms. The molecule has 3 rings (SSSR count). The van der Waals surface area contributed by atoms with Crippen LogP contribution in [0.4, 0.5) is 4.39 Å². The molecule has 24 heavy (non-hydrogen) atoms. The fourth-order valence-electron chi connectivity index (χ4n) is 2.91. The first-order valence-corrected chi connectivity index (χ1v) is 9.50. The van der Waals surface area contributed by atoms with Gasteiger partial charge in [0.15, 0.2) is 0 Å². The van der Waals surface area contributed by atoms with Gasteiger partial charge < -0.3 is 10.1 Å². The zero-order valence-corrected chi connectivity index (χ0v) is 14.3. The van der Waals surface area contributed by atoms with Crippen LogP contribution in [0.3, 0.4) is 0 Å². The maximum absolute atomic E-state index is 13.5. The van der Waals surface area contributed by atoms with E-state index in [0.717, 1.165) is 25.0 Å². The first-order valence-electron chi connectivity index (χ1n) is 8.06. The van der Waals surface area contributed by atoms with Gasteiger partial charge in [0.2, 0.25) is 15.9 Å². The zero-order valence-electron chi connectivity index (χ0n) is 13.5. The largest absolute Gasteiger partial charge is 0.495 e. The average molecular weight is 356 g/mol. The number of sulfonamides is 1. The molecule has 1 amide bonds. The van der Waals surface area contributed by atoms with Gasteiger partial charge in [0, 0.05) is 19.1 Å². The van der Waals surface area contributed by atoms with Gasteiger partial charge in [-0.05, 0) is 43.9 Å². The minimum Gasteiger partial charge on any atom is -0.495 e. The van der Waals surface area contributed by atoms with Crippen LogP contribution in [0.15, 0.2) is 23.1 Å². The molecular weight excluding hydrogens is 335 g/mol. The SMILES string of the molecule is COc1ccc(F)cc1S(=O)(=O)N1CCC[C@H](C(=O)NC2CC2)C1. The molecule has 1 saturated carbocycles. The summed E-state index contributed by atoms with van der Waals surface area (Å²) in [6.45, 7) is 0.426. The first kappa shape index (κ1) is 17.2. The van der Waals surface area contributed by atoms with Crippen LogP contribution in [-0.2, 0) is 14.8 Å². The summed E-state index contributed by atoms with van der Waals surface area (Å²) in [6, 6.07) is 3.65. The molecule has 1 atom stereocenters. The molecule has 1 saturated heterocycles. The van der Waals surface area contributed by atoms with Gasteiger partial charge in [-0.25, -0.2) is 12.8 Å². The van der Waals surface area contributed by atoms with Crippen molar-refractivity contribution in [1.29, 1.82) is 0 Å². The lowest BCUT2D eigenvalue weighted by atomic mass is 9.99. The number of piperidine rings is 1. The van der Waals surface area contributed by atoms with Crippen molar-refractivity contribution in [2.45, 2.75) is 36.6 Å². The molecule has 0 radical (unpaired) electrons. The van der Waals surface area contributed by atoms with Gasteiger partial charge in [-0.2, -0.15) is 4.31 Å². The van der Waals surface area contributed by atoms with Crippen LogP contribution in [0.5, 0.6) is 5.75 Å². The number of carbonyl (C=O) groups is 1. The lowest BCUT2D eigenvalue weighted by Gasteiger charge is -2.31. The van der Waals surface area contributed by atoms with Crippen LogP contribution in [-0.4, -0.2) is 44.9 Å². The third-order valence-electron chi connectivity index (χ3n) is 4.42. The van der Waals surface area contributed by atoms with Crippen molar-refractivity contribution in [2.24, 2.45) is 5.92 Å². The smallest absolute Gasteiger partial charge is 0.246 e. The fourth-order valence-corrected chi connectivity index (χ4v) is 4.60. The quantitative estimate of drug-likeness (QED) is 0.868. The van der Waals surface area contributed by atoms with Gasteiger partial charge in [0.1, 0.15) is 16.5 Å². The lowest BCUT2D eigenvalue weighted by Crippen LogP contribution is -2.45. The Kier molecular flexibility index (Phi) is 4.78. The molecule has 0 unspecified atom stereocenters. The van der Waals surface area contributed by atoms with Crippen molar-refractivity contribution in [3.63, 3.8) is 0 Å². The summed E-state index contributed by atoms with van der Waals surface area (Å²) >= 11 is 0. The number of rotatable bonds is 5. The Morgan fingerprint density at radius 2 is 2.08 bits per heavy atom. The summed E-state index contributed by atoms with van der Waals surface area (Å²) < 4.78 is 45.6. The van der Waals surface area contributed by atoms with Crippen LogP contribution >= 0.6 is 0 Å². The van der Waals surface area contributed by atoms with Crippen molar-refractivity contribution in [2.75, 3.05) is 20.2 Å². The van der Waals surface area contributed by atoms with Gasteiger partial charge in [0.25, 0.3) is 0 Å². The molecule has 132 valence electrons. The number of amides is 1. The molecule has 0 bridgehead atoms. The Morgan fingerprint density at radius 1 is 1.33 bits per heavy atom. The molecule has 1 N–H and O–H groups in total. The highest BCUT2D eigenvalue weighted by atomic mass is 32.2. The highest BCUT2D eigenvalue weighted by Gasteiger charge is 2.36. The summed E-state index contributed by atoms with van der Waals surface area (Å²) in [7, 11) is -2.58. The second kappa shape index (κ2) is 6.68. The van der Waals surface area contributed by atoms with Crippen LogP contribution in [0, 0.1) is 11.7 Å². The van der Waals surface area contributed by atoms with E-state index in [4.69, 9.17) is 4.74 Å². The summed E-state index contributed by atoms with van der Waals surface area (Å²) in [5.41, 5.74) is 0. The van der Waals surface area contributed by atoms with E-state index in [0.29, 0.717) is 19.4 Å². The monoisotopic (exact) mass is 356 g/mol. The number of hydrogen-bond acceptors (Lipinski definition) is 4. The summed E-state index contributed by atoms with van der Waals surface area (Å²) in [4.78, 5) is 12.0. The summed E-state index contributed by atoms with van der Waals surface area (Å²) in [5.74, 6) is -1.01. The Bertz CT molecular complexity index is 734. The van der Waals surface area contributed by atoms with E-state index in [2.05, 4.69) is 5.32 Å². The van der Waals surface area contributed by atoms with Gasteiger partial charge in [0.05, 0.1) is 13.0 Å². The fraction of sp³-hybridized carbons (Fsp3) is 0.562. The maximum atomic E-state index is 13.5. The standard InChI is InChI=1S/C16H21FN2O4S/c1-23-14-7-4-12(17)9-15(14)24(21,22)19-8-2-3-11(10-19)16(20)18-13-5-6-13/h4,7,9,11,13H,2-3,5-6,8,10H2,1H3,(H,18,20)/t11-/m0/s1. The number of carbonyl (C=O) groups excluding carboxylic acids is 1.